The van der Waals surface area contributed by atoms with E-state index in [0.29, 0.717) is 39.6 Å². The maximum absolute atomic E-state index is 13.2. The summed E-state index contributed by atoms with van der Waals surface area (Å²) in [7, 11) is 1.57. The molecule has 1 atom stereocenters. The molecule has 2 heterocycles. The summed E-state index contributed by atoms with van der Waals surface area (Å²) in [4.78, 5) is 33.1. The first-order chi connectivity index (χ1) is 16.0. The van der Waals surface area contributed by atoms with E-state index in [1.165, 1.54) is 11.8 Å². The van der Waals surface area contributed by atoms with Crippen molar-refractivity contribution in [3.05, 3.63) is 74.5 Å². The Labute approximate surface area is 200 Å². The number of carbonyl (C=O) groups is 1. The third-order valence-electron chi connectivity index (χ3n) is 5.25. The lowest BCUT2D eigenvalue weighted by Gasteiger charge is -2.26. The van der Waals surface area contributed by atoms with Crippen LogP contribution in [0.15, 0.2) is 52.4 Å². The van der Waals surface area contributed by atoms with Crippen LogP contribution in [-0.2, 0) is 10.5 Å². The van der Waals surface area contributed by atoms with Crippen LogP contribution in [0.25, 0.3) is 0 Å². The van der Waals surface area contributed by atoms with Crippen LogP contribution in [-0.4, -0.2) is 29.6 Å². The number of rotatable bonds is 8. The number of ether oxygens (including phenoxy) is 2. The summed E-state index contributed by atoms with van der Waals surface area (Å²) in [5.74, 6) is 1.25. The smallest absolute Gasteiger partial charge is 0.257 e. The molecule has 0 saturated heterocycles. The van der Waals surface area contributed by atoms with Gasteiger partial charge in [0.05, 0.1) is 19.3 Å². The van der Waals surface area contributed by atoms with Gasteiger partial charge in [-0.25, -0.2) is 4.98 Å². The number of carbonyl (C=O) groups excluding carboxylic acids is 1. The van der Waals surface area contributed by atoms with E-state index in [9.17, 15) is 9.59 Å². The quantitative estimate of drug-likeness (QED) is 0.345. The third-order valence-corrected chi connectivity index (χ3v) is 6.43. The van der Waals surface area contributed by atoms with Gasteiger partial charge in [0.25, 0.3) is 5.56 Å². The molecular weight excluding hydrogens is 462 g/mol. The molecule has 0 saturated carbocycles. The molecular formula is C24H24ClN3O4S. The Hall–Kier alpha value is -2.97. The number of benzene rings is 2. The molecule has 1 aliphatic rings. The van der Waals surface area contributed by atoms with E-state index < -0.39 is 5.92 Å². The zero-order chi connectivity index (χ0) is 23.4. The number of nitrogens with zero attached hydrogens (tertiary/aromatic N) is 1. The Balaban J connectivity index is 1.70. The number of anilines is 1. The first-order valence-electron chi connectivity index (χ1n) is 10.6. The molecule has 9 heteroatoms. The normalized spacial score (nSPS) is 15.0. The highest BCUT2D eigenvalue weighted by molar-refractivity contribution is 7.98. The number of thioether (sulfide) groups is 1. The minimum atomic E-state index is -0.501. The Kier molecular flexibility index (Phi) is 7.25. The lowest BCUT2D eigenvalue weighted by molar-refractivity contribution is -0.116. The lowest BCUT2D eigenvalue weighted by atomic mass is 9.86. The molecule has 0 radical (unpaired) electrons. The molecule has 1 aliphatic heterocycles. The van der Waals surface area contributed by atoms with Crippen molar-refractivity contribution < 1.29 is 14.3 Å². The van der Waals surface area contributed by atoms with Crippen LogP contribution in [0.2, 0.25) is 5.02 Å². The molecule has 2 aromatic carbocycles. The van der Waals surface area contributed by atoms with Crippen molar-refractivity contribution in [2.24, 2.45) is 0 Å². The molecule has 0 bridgehead atoms. The third kappa shape index (κ3) is 5.17. The molecule has 4 rings (SSSR count). The highest BCUT2D eigenvalue weighted by Gasteiger charge is 2.33. The van der Waals surface area contributed by atoms with Crippen molar-refractivity contribution in [3.8, 4) is 11.5 Å². The van der Waals surface area contributed by atoms with Gasteiger partial charge in [-0.1, -0.05) is 54.6 Å². The fourth-order valence-electron chi connectivity index (χ4n) is 3.79. The summed E-state index contributed by atoms with van der Waals surface area (Å²) >= 11 is 7.42. The van der Waals surface area contributed by atoms with Crippen LogP contribution in [0, 0.1) is 0 Å². The van der Waals surface area contributed by atoms with Gasteiger partial charge in [-0.2, -0.15) is 0 Å². The summed E-state index contributed by atoms with van der Waals surface area (Å²) in [6.07, 6.45) is 0.928. The first-order valence-corrected chi connectivity index (χ1v) is 12.0. The van der Waals surface area contributed by atoms with Gasteiger partial charge in [0.1, 0.15) is 5.82 Å². The number of hydrogen-bond donors (Lipinski definition) is 2. The molecule has 0 aliphatic carbocycles. The largest absolute Gasteiger partial charge is 0.493 e. The van der Waals surface area contributed by atoms with Crippen LogP contribution in [0.1, 0.15) is 42.4 Å². The number of aromatic amines is 1. The zero-order valence-corrected chi connectivity index (χ0v) is 19.9. The number of methoxy groups -OCH3 is 1. The van der Waals surface area contributed by atoms with Crippen LogP contribution in [0.3, 0.4) is 0 Å². The predicted octanol–water partition coefficient (Wildman–Crippen LogP) is 4.99. The lowest BCUT2D eigenvalue weighted by Crippen LogP contribution is -2.31. The van der Waals surface area contributed by atoms with Gasteiger partial charge in [0, 0.05) is 28.7 Å². The highest BCUT2D eigenvalue weighted by atomic mass is 35.5. The second-order valence-electron chi connectivity index (χ2n) is 7.58. The Morgan fingerprint density at radius 2 is 2.03 bits per heavy atom. The molecule has 172 valence electrons. The molecule has 1 amide bonds. The van der Waals surface area contributed by atoms with E-state index in [2.05, 4.69) is 15.3 Å². The SMILES string of the molecule is CCCOc1c(OC)cccc1[C@H]1CC(=O)Nc2nc(SCc3cccc(Cl)c3)[nH]c(=O)c21. The minimum Gasteiger partial charge on any atom is -0.493 e. The fraction of sp³-hybridized carbons (Fsp3) is 0.292. The van der Waals surface area contributed by atoms with E-state index in [-0.39, 0.29) is 23.7 Å². The maximum atomic E-state index is 13.2. The van der Waals surface area contributed by atoms with Crippen molar-refractivity contribution in [3.63, 3.8) is 0 Å². The molecule has 1 aromatic heterocycles. The van der Waals surface area contributed by atoms with E-state index in [4.69, 9.17) is 21.1 Å². The molecule has 0 spiro atoms. The summed E-state index contributed by atoms with van der Waals surface area (Å²) in [6.45, 7) is 2.50. The Morgan fingerprint density at radius 1 is 1.21 bits per heavy atom. The van der Waals surface area contributed by atoms with Crippen molar-refractivity contribution >= 4 is 35.1 Å². The van der Waals surface area contributed by atoms with Gasteiger partial charge >= 0.3 is 0 Å². The van der Waals surface area contributed by atoms with Gasteiger partial charge < -0.3 is 19.8 Å². The fourth-order valence-corrected chi connectivity index (χ4v) is 4.81. The Morgan fingerprint density at radius 3 is 2.79 bits per heavy atom. The average Bonchev–Trinajstić information content (AvgIpc) is 2.80. The van der Waals surface area contributed by atoms with Crippen molar-refractivity contribution in [2.45, 2.75) is 36.6 Å². The second kappa shape index (κ2) is 10.3. The highest BCUT2D eigenvalue weighted by Crippen LogP contribution is 2.42. The van der Waals surface area contributed by atoms with Gasteiger partial charge in [0.15, 0.2) is 16.7 Å². The number of H-pyrrole nitrogens is 1. The van der Waals surface area contributed by atoms with Gasteiger partial charge in [-0.05, 0) is 30.2 Å². The van der Waals surface area contributed by atoms with Gasteiger partial charge in [-0.3, -0.25) is 9.59 Å². The number of para-hydroxylation sites is 1. The first kappa shape index (κ1) is 23.2. The summed E-state index contributed by atoms with van der Waals surface area (Å²) in [6, 6.07) is 13.0. The number of halogens is 1. The number of hydrogen-bond acceptors (Lipinski definition) is 6. The van der Waals surface area contributed by atoms with Crippen LogP contribution >= 0.6 is 23.4 Å². The van der Waals surface area contributed by atoms with Crippen LogP contribution < -0.4 is 20.3 Å². The van der Waals surface area contributed by atoms with Gasteiger partial charge in [-0.15, -0.1) is 0 Å². The summed E-state index contributed by atoms with van der Waals surface area (Å²) in [5, 5.41) is 3.83. The number of fused-ring (bicyclic) bond motifs is 1. The molecule has 33 heavy (non-hydrogen) atoms. The molecule has 0 fully saturated rings. The summed E-state index contributed by atoms with van der Waals surface area (Å²) < 4.78 is 11.4. The maximum Gasteiger partial charge on any atom is 0.257 e. The van der Waals surface area contributed by atoms with Gasteiger partial charge in [0.2, 0.25) is 5.91 Å². The molecule has 7 nitrogen and oxygen atoms in total. The van der Waals surface area contributed by atoms with E-state index in [1.807, 2.05) is 43.3 Å². The van der Waals surface area contributed by atoms with Crippen molar-refractivity contribution in [1.82, 2.24) is 9.97 Å². The molecule has 3 aromatic rings. The number of aromatic nitrogens is 2. The van der Waals surface area contributed by atoms with E-state index in [1.54, 1.807) is 13.2 Å². The van der Waals surface area contributed by atoms with E-state index >= 15 is 0 Å². The second-order valence-corrected chi connectivity index (χ2v) is 8.98. The van der Waals surface area contributed by atoms with E-state index in [0.717, 1.165) is 17.5 Å². The van der Waals surface area contributed by atoms with Crippen molar-refractivity contribution in [2.75, 3.05) is 19.0 Å². The number of nitrogens with one attached hydrogen (secondary N) is 2. The standard InChI is InChI=1S/C24H24ClN3O4S/c1-3-10-32-21-16(8-5-9-18(21)31-2)17-12-19(29)26-22-20(17)23(30)28-24(27-22)33-13-14-6-4-7-15(25)11-14/h4-9,11,17H,3,10,12-13H2,1-2H3,(H2,26,27,28,29,30)/t17-/m1/s1. The number of amides is 1. The minimum absolute atomic E-state index is 0.114. The molecule has 2 N–H and O–H groups in total. The van der Waals surface area contributed by atoms with Crippen LogP contribution in [0.5, 0.6) is 11.5 Å². The summed E-state index contributed by atoms with van der Waals surface area (Å²) in [5.41, 5.74) is 1.86. The topological polar surface area (TPSA) is 93.3 Å². The molecule has 0 unspecified atom stereocenters. The predicted molar refractivity (Wildman–Crippen MR) is 130 cm³/mol. The zero-order valence-electron chi connectivity index (χ0n) is 18.3. The monoisotopic (exact) mass is 485 g/mol. The van der Waals surface area contributed by atoms with Crippen molar-refractivity contribution in [1.29, 1.82) is 0 Å². The Bertz CT molecular complexity index is 1230. The average molecular weight is 486 g/mol. The van der Waals surface area contributed by atoms with Crippen LogP contribution in [0.4, 0.5) is 5.82 Å².